The van der Waals surface area contributed by atoms with Gasteiger partial charge in [0.2, 0.25) is 0 Å². The summed E-state index contributed by atoms with van der Waals surface area (Å²) in [6.45, 7) is 6.02. The molecule has 0 unspecified atom stereocenters. The molecule has 2 nitrogen and oxygen atoms in total. The smallest absolute Gasteiger partial charge is 0.101 e. The Morgan fingerprint density at radius 2 is 1.95 bits per heavy atom. The average molecular weight is 293 g/mol. The van der Waals surface area contributed by atoms with Crippen LogP contribution in [0.15, 0.2) is 40.3 Å². The second-order valence-corrected chi connectivity index (χ2v) is 6.17. The van der Waals surface area contributed by atoms with E-state index in [9.17, 15) is 0 Å². The first kappa shape index (κ1) is 14.4. The van der Waals surface area contributed by atoms with Crippen LogP contribution in [0.2, 0.25) is 5.02 Å². The number of halogens is 1. The summed E-state index contributed by atoms with van der Waals surface area (Å²) in [5, 5.41) is 1.69. The number of rotatable bonds is 3. The molecule has 1 atom stereocenters. The lowest BCUT2D eigenvalue weighted by Crippen LogP contribution is -2.04. The van der Waals surface area contributed by atoms with Gasteiger partial charge in [0.25, 0.3) is 0 Å². The van der Waals surface area contributed by atoms with Gasteiger partial charge < -0.3 is 5.73 Å². The van der Waals surface area contributed by atoms with E-state index < -0.39 is 0 Å². The third-order valence-corrected chi connectivity index (χ3v) is 4.19. The van der Waals surface area contributed by atoms with Crippen molar-refractivity contribution in [3.8, 4) is 0 Å². The minimum Gasteiger partial charge on any atom is -0.324 e. The van der Waals surface area contributed by atoms with Gasteiger partial charge in [0.1, 0.15) is 5.03 Å². The number of benzene rings is 1. The molecule has 19 heavy (non-hydrogen) atoms. The van der Waals surface area contributed by atoms with Gasteiger partial charge in [0, 0.05) is 16.6 Å². The lowest BCUT2D eigenvalue weighted by atomic mass is 10.1. The normalized spacial score (nSPS) is 12.5. The SMILES string of the molecule is Cc1cc(C)nc(Sc2ccc([C@@H](C)N)cc2Cl)c1. The maximum Gasteiger partial charge on any atom is 0.101 e. The lowest BCUT2D eigenvalue weighted by molar-refractivity contribution is 0.817. The molecule has 0 aliphatic rings. The quantitative estimate of drug-likeness (QED) is 0.904. The van der Waals surface area contributed by atoms with Crippen LogP contribution in [0.4, 0.5) is 0 Å². The highest BCUT2D eigenvalue weighted by Gasteiger charge is 2.08. The zero-order valence-corrected chi connectivity index (χ0v) is 12.8. The Balaban J connectivity index is 2.28. The highest BCUT2D eigenvalue weighted by atomic mass is 35.5. The third kappa shape index (κ3) is 3.72. The highest BCUT2D eigenvalue weighted by Crippen LogP contribution is 2.34. The Morgan fingerprint density at radius 3 is 2.53 bits per heavy atom. The van der Waals surface area contributed by atoms with Crippen LogP contribution < -0.4 is 5.73 Å². The van der Waals surface area contributed by atoms with Crippen molar-refractivity contribution in [3.63, 3.8) is 0 Å². The molecule has 0 bridgehead atoms. The first-order chi connectivity index (χ1) is 8.95. The number of pyridine rings is 1. The van der Waals surface area contributed by atoms with Gasteiger partial charge in [-0.3, -0.25) is 0 Å². The molecule has 4 heteroatoms. The van der Waals surface area contributed by atoms with E-state index in [1.54, 1.807) is 11.8 Å². The second-order valence-electron chi connectivity index (χ2n) is 4.70. The van der Waals surface area contributed by atoms with Gasteiger partial charge >= 0.3 is 0 Å². The van der Waals surface area contributed by atoms with E-state index in [0.29, 0.717) is 0 Å². The fourth-order valence-corrected chi connectivity index (χ4v) is 3.11. The van der Waals surface area contributed by atoms with Gasteiger partial charge in [-0.25, -0.2) is 4.98 Å². The molecular weight excluding hydrogens is 276 g/mol. The maximum atomic E-state index is 6.30. The van der Waals surface area contributed by atoms with E-state index >= 15 is 0 Å². The van der Waals surface area contributed by atoms with E-state index in [-0.39, 0.29) is 6.04 Å². The molecule has 100 valence electrons. The third-order valence-electron chi connectivity index (χ3n) is 2.77. The summed E-state index contributed by atoms with van der Waals surface area (Å²) in [6, 6.07) is 10.1. The standard InChI is InChI=1S/C15H17ClN2S/c1-9-6-10(2)18-15(7-9)19-14-5-4-12(11(3)17)8-13(14)16/h4-8,11H,17H2,1-3H3/t11-/m1/s1. The van der Waals surface area contributed by atoms with Crippen molar-refractivity contribution in [2.24, 2.45) is 5.73 Å². The average Bonchev–Trinajstić information content (AvgIpc) is 2.30. The van der Waals surface area contributed by atoms with Crippen molar-refractivity contribution >= 4 is 23.4 Å². The molecule has 1 heterocycles. The molecule has 1 aromatic carbocycles. The largest absolute Gasteiger partial charge is 0.324 e. The summed E-state index contributed by atoms with van der Waals surface area (Å²) in [4.78, 5) is 5.51. The van der Waals surface area contributed by atoms with E-state index in [4.69, 9.17) is 17.3 Å². The molecule has 0 aliphatic heterocycles. The first-order valence-electron chi connectivity index (χ1n) is 6.14. The van der Waals surface area contributed by atoms with E-state index in [1.807, 2.05) is 32.0 Å². The van der Waals surface area contributed by atoms with Crippen LogP contribution in [0.3, 0.4) is 0 Å². The zero-order valence-electron chi connectivity index (χ0n) is 11.3. The Morgan fingerprint density at radius 1 is 1.21 bits per heavy atom. The topological polar surface area (TPSA) is 38.9 Å². The van der Waals surface area contributed by atoms with Gasteiger partial charge in [0.15, 0.2) is 0 Å². The number of hydrogen-bond donors (Lipinski definition) is 1. The molecular formula is C15H17ClN2S. The number of hydrogen-bond acceptors (Lipinski definition) is 3. The van der Waals surface area contributed by atoms with E-state index in [2.05, 4.69) is 24.0 Å². The molecule has 2 rings (SSSR count). The van der Waals surface area contributed by atoms with Crippen LogP contribution >= 0.6 is 23.4 Å². The summed E-state index contributed by atoms with van der Waals surface area (Å²) < 4.78 is 0. The van der Waals surface area contributed by atoms with Crippen molar-refractivity contribution in [1.29, 1.82) is 0 Å². The second kappa shape index (κ2) is 5.95. The van der Waals surface area contributed by atoms with Crippen LogP contribution in [0, 0.1) is 13.8 Å². The molecule has 0 saturated heterocycles. The summed E-state index contributed by atoms with van der Waals surface area (Å²) in [5.74, 6) is 0. The van der Waals surface area contributed by atoms with Gasteiger partial charge in [0.05, 0.1) is 5.02 Å². The first-order valence-corrected chi connectivity index (χ1v) is 7.33. The van der Waals surface area contributed by atoms with E-state index in [1.165, 1.54) is 5.56 Å². The van der Waals surface area contributed by atoms with Gasteiger partial charge in [-0.05, 0) is 56.2 Å². The van der Waals surface area contributed by atoms with Crippen LogP contribution in [-0.2, 0) is 0 Å². The zero-order chi connectivity index (χ0) is 14.0. The summed E-state index contributed by atoms with van der Waals surface area (Å²) in [5.41, 5.74) is 9.12. The predicted molar refractivity (Wildman–Crippen MR) is 81.9 cm³/mol. The van der Waals surface area contributed by atoms with Crippen molar-refractivity contribution in [2.45, 2.75) is 36.7 Å². The fraction of sp³-hybridized carbons (Fsp3) is 0.267. The summed E-state index contributed by atoms with van der Waals surface area (Å²) >= 11 is 7.88. The molecule has 0 spiro atoms. The Hall–Kier alpha value is -1.03. The number of aromatic nitrogens is 1. The molecule has 0 amide bonds. The fourth-order valence-electron chi connectivity index (χ4n) is 1.85. The summed E-state index contributed by atoms with van der Waals surface area (Å²) in [7, 11) is 0. The molecule has 0 radical (unpaired) electrons. The number of aryl methyl sites for hydroxylation is 2. The van der Waals surface area contributed by atoms with Crippen LogP contribution in [0.1, 0.15) is 29.8 Å². The minimum absolute atomic E-state index is 0.00381. The van der Waals surface area contributed by atoms with Gasteiger partial charge in [-0.15, -0.1) is 0 Å². The van der Waals surface area contributed by atoms with Crippen molar-refractivity contribution < 1.29 is 0 Å². The molecule has 0 fully saturated rings. The maximum absolute atomic E-state index is 6.30. The molecule has 1 aromatic heterocycles. The monoisotopic (exact) mass is 292 g/mol. The van der Waals surface area contributed by atoms with Crippen LogP contribution in [-0.4, -0.2) is 4.98 Å². The van der Waals surface area contributed by atoms with Crippen molar-refractivity contribution in [3.05, 3.63) is 52.2 Å². The Bertz CT molecular complexity index is 576. The summed E-state index contributed by atoms with van der Waals surface area (Å²) in [6.07, 6.45) is 0. The molecule has 2 aromatic rings. The Labute approximate surface area is 123 Å². The van der Waals surface area contributed by atoms with Gasteiger partial charge in [-0.1, -0.05) is 29.4 Å². The van der Waals surface area contributed by atoms with Gasteiger partial charge in [-0.2, -0.15) is 0 Å². The predicted octanol–water partition coefficient (Wildman–Crippen LogP) is 4.52. The molecule has 0 aliphatic carbocycles. The lowest BCUT2D eigenvalue weighted by Gasteiger charge is -2.09. The number of nitrogens with two attached hydrogens (primary N) is 1. The van der Waals surface area contributed by atoms with E-state index in [0.717, 1.165) is 26.2 Å². The number of nitrogens with zero attached hydrogens (tertiary/aromatic N) is 1. The van der Waals surface area contributed by atoms with Crippen LogP contribution in [0.25, 0.3) is 0 Å². The highest BCUT2D eigenvalue weighted by molar-refractivity contribution is 7.99. The molecule has 0 saturated carbocycles. The Kier molecular flexibility index (Phi) is 4.50. The van der Waals surface area contributed by atoms with Crippen molar-refractivity contribution in [1.82, 2.24) is 4.98 Å². The minimum atomic E-state index is -0.00381. The van der Waals surface area contributed by atoms with Crippen LogP contribution in [0.5, 0.6) is 0 Å². The molecule has 2 N–H and O–H groups in total. The van der Waals surface area contributed by atoms with Crippen molar-refractivity contribution in [2.75, 3.05) is 0 Å².